The van der Waals surface area contributed by atoms with Crippen LogP contribution < -0.4 is 4.74 Å². The van der Waals surface area contributed by atoms with Gasteiger partial charge in [-0.25, -0.2) is 9.37 Å². The number of ether oxygens (including phenoxy) is 1. The van der Waals surface area contributed by atoms with E-state index in [0.717, 1.165) is 11.2 Å². The maximum Gasteiger partial charge on any atom is 0.274 e. The van der Waals surface area contributed by atoms with E-state index >= 15 is 0 Å². The van der Waals surface area contributed by atoms with Gasteiger partial charge in [0.1, 0.15) is 17.4 Å². The molecule has 26 heavy (non-hydrogen) atoms. The Morgan fingerprint density at radius 2 is 2.00 bits per heavy atom. The molecule has 0 unspecified atom stereocenters. The minimum atomic E-state index is -0.356. The van der Waals surface area contributed by atoms with Crippen molar-refractivity contribution in [2.45, 2.75) is 25.9 Å². The molecule has 1 amide bonds. The van der Waals surface area contributed by atoms with Gasteiger partial charge in [-0.1, -0.05) is 12.1 Å². The van der Waals surface area contributed by atoms with Crippen LogP contribution in [0.5, 0.6) is 5.75 Å². The van der Waals surface area contributed by atoms with Crippen LogP contribution in [-0.4, -0.2) is 39.4 Å². The minimum Gasteiger partial charge on any atom is -0.487 e. The first-order valence-corrected chi connectivity index (χ1v) is 8.76. The van der Waals surface area contributed by atoms with Gasteiger partial charge in [-0.2, -0.15) is 0 Å². The van der Waals surface area contributed by atoms with Gasteiger partial charge in [-0.3, -0.25) is 4.79 Å². The molecule has 6 heteroatoms. The molecule has 0 saturated carbocycles. The number of halogens is 1. The van der Waals surface area contributed by atoms with Crippen molar-refractivity contribution in [1.82, 2.24) is 14.3 Å². The fraction of sp³-hybridized carbons (Fsp3) is 0.300. The van der Waals surface area contributed by atoms with Crippen molar-refractivity contribution >= 4 is 11.6 Å². The molecule has 0 radical (unpaired) electrons. The number of imidazole rings is 1. The number of hydrogen-bond acceptors (Lipinski definition) is 3. The zero-order chi connectivity index (χ0) is 18.1. The number of nitrogens with zero attached hydrogens (tertiary/aromatic N) is 3. The maximum atomic E-state index is 13.7. The normalized spacial score (nSPS) is 15.4. The number of carbonyl (C=O) groups excluding carboxylic acids is 1. The summed E-state index contributed by atoms with van der Waals surface area (Å²) in [5, 5.41) is 0. The molecule has 0 aliphatic carbocycles. The molecule has 1 aliphatic heterocycles. The van der Waals surface area contributed by atoms with E-state index in [-0.39, 0.29) is 23.6 Å². The quantitative estimate of drug-likeness (QED) is 0.724. The van der Waals surface area contributed by atoms with Crippen molar-refractivity contribution in [1.29, 1.82) is 0 Å². The molecule has 4 rings (SSSR count). The van der Waals surface area contributed by atoms with Crippen LogP contribution >= 0.6 is 0 Å². The van der Waals surface area contributed by atoms with Crippen LogP contribution in [-0.2, 0) is 0 Å². The highest BCUT2D eigenvalue weighted by Gasteiger charge is 2.26. The van der Waals surface area contributed by atoms with E-state index in [9.17, 15) is 9.18 Å². The molecular weight excluding hydrogens is 333 g/mol. The number of benzene rings is 1. The predicted molar refractivity (Wildman–Crippen MR) is 95.9 cm³/mol. The Bertz CT molecular complexity index is 945. The lowest BCUT2D eigenvalue weighted by Gasteiger charge is -2.31. The van der Waals surface area contributed by atoms with Crippen LogP contribution in [0.15, 0.2) is 48.8 Å². The number of amides is 1. The van der Waals surface area contributed by atoms with Crippen LogP contribution in [0.4, 0.5) is 4.39 Å². The fourth-order valence-corrected chi connectivity index (χ4v) is 3.25. The first kappa shape index (κ1) is 16.6. The predicted octanol–water partition coefficient (Wildman–Crippen LogP) is 3.47. The Morgan fingerprint density at radius 1 is 1.23 bits per heavy atom. The second-order valence-electron chi connectivity index (χ2n) is 6.64. The molecule has 1 aromatic carbocycles. The number of fused-ring (bicyclic) bond motifs is 1. The van der Waals surface area contributed by atoms with E-state index in [2.05, 4.69) is 4.98 Å². The highest BCUT2D eigenvalue weighted by molar-refractivity contribution is 5.93. The van der Waals surface area contributed by atoms with Crippen LogP contribution in [0.3, 0.4) is 0 Å². The van der Waals surface area contributed by atoms with Crippen molar-refractivity contribution in [2.75, 3.05) is 13.1 Å². The van der Waals surface area contributed by atoms with Crippen LogP contribution in [0, 0.1) is 12.7 Å². The van der Waals surface area contributed by atoms with E-state index in [1.54, 1.807) is 29.3 Å². The summed E-state index contributed by atoms with van der Waals surface area (Å²) in [4.78, 5) is 18.9. The molecule has 1 aliphatic rings. The summed E-state index contributed by atoms with van der Waals surface area (Å²) in [6.07, 6.45) is 4.93. The average molecular weight is 353 g/mol. The summed E-state index contributed by atoms with van der Waals surface area (Å²) in [6, 6.07) is 10.3. The van der Waals surface area contributed by atoms with Gasteiger partial charge in [-0.05, 0) is 36.8 Å². The lowest BCUT2D eigenvalue weighted by atomic mass is 10.1. The largest absolute Gasteiger partial charge is 0.487 e. The molecule has 2 aromatic heterocycles. The summed E-state index contributed by atoms with van der Waals surface area (Å²) < 4.78 is 21.3. The molecule has 5 nitrogen and oxygen atoms in total. The van der Waals surface area contributed by atoms with Gasteiger partial charge in [0.2, 0.25) is 0 Å². The number of para-hydroxylation sites is 1. The van der Waals surface area contributed by atoms with E-state index in [4.69, 9.17) is 4.74 Å². The monoisotopic (exact) mass is 353 g/mol. The molecule has 1 fully saturated rings. The topological polar surface area (TPSA) is 46.8 Å². The maximum absolute atomic E-state index is 13.7. The Kier molecular flexibility index (Phi) is 4.32. The number of aromatic nitrogens is 2. The van der Waals surface area contributed by atoms with E-state index in [1.165, 1.54) is 6.07 Å². The third-order valence-corrected chi connectivity index (χ3v) is 4.69. The van der Waals surface area contributed by atoms with E-state index in [1.807, 2.05) is 29.7 Å². The summed E-state index contributed by atoms with van der Waals surface area (Å²) in [7, 11) is 0. The molecule has 3 heterocycles. The summed E-state index contributed by atoms with van der Waals surface area (Å²) in [5.41, 5.74) is 2.32. The molecule has 0 bridgehead atoms. The zero-order valence-electron chi connectivity index (χ0n) is 14.6. The van der Waals surface area contributed by atoms with Crippen molar-refractivity contribution in [3.05, 3.63) is 65.9 Å². The first-order valence-electron chi connectivity index (χ1n) is 8.76. The lowest BCUT2D eigenvalue weighted by molar-refractivity contribution is 0.0584. The van der Waals surface area contributed by atoms with Crippen LogP contribution in [0.1, 0.15) is 28.9 Å². The number of pyridine rings is 1. The van der Waals surface area contributed by atoms with Gasteiger partial charge in [0.05, 0.1) is 0 Å². The van der Waals surface area contributed by atoms with Gasteiger partial charge < -0.3 is 14.0 Å². The van der Waals surface area contributed by atoms with Crippen molar-refractivity contribution in [2.24, 2.45) is 0 Å². The molecule has 134 valence electrons. The Morgan fingerprint density at radius 3 is 2.77 bits per heavy atom. The Hall–Kier alpha value is -2.89. The average Bonchev–Trinajstić information content (AvgIpc) is 3.07. The zero-order valence-corrected chi connectivity index (χ0v) is 14.6. The number of rotatable bonds is 3. The first-order chi connectivity index (χ1) is 12.6. The molecule has 3 aromatic rings. The number of likely N-dealkylation sites (tertiary alicyclic amines) is 1. The number of carbonyl (C=O) groups is 1. The summed E-state index contributed by atoms with van der Waals surface area (Å²) >= 11 is 0. The van der Waals surface area contributed by atoms with E-state index < -0.39 is 0 Å². The van der Waals surface area contributed by atoms with Crippen molar-refractivity contribution in [3.8, 4) is 5.75 Å². The number of hydrogen-bond donors (Lipinski definition) is 0. The molecule has 0 N–H and O–H groups in total. The fourth-order valence-electron chi connectivity index (χ4n) is 3.25. The standard InChI is InChI=1S/C20H20FN3O2/c1-14-6-9-24-13-17(22-19(24)12-14)20(25)23-10-7-15(8-11-23)26-18-5-3-2-4-16(18)21/h2-6,9,12-13,15H,7-8,10-11H2,1H3. The minimum absolute atomic E-state index is 0.0734. The van der Waals surface area contributed by atoms with Crippen LogP contribution in [0.2, 0.25) is 0 Å². The smallest absolute Gasteiger partial charge is 0.274 e. The Labute approximate surface area is 151 Å². The molecule has 0 spiro atoms. The third-order valence-electron chi connectivity index (χ3n) is 4.69. The van der Waals surface area contributed by atoms with Gasteiger partial charge in [0.15, 0.2) is 11.6 Å². The summed E-state index contributed by atoms with van der Waals surface area (Å²) in [5.74, 6) is -0.158. The summed E-state index contributed by atoms with van der Waals surface area (Å²) in [6.45, 7) is 3.15. The molecule has 1 saturated heterocycles. The molecular formula is C20H20FN3O2. The van der Waals surface area contributed by atoms with Gasteiger partial charge in [0, 0.05) is 38.3 Å². The lowest BCUT2D eigenvalue weighted by Crippen LogP contribution is -2.42. The second kappa shape index (κ2) is 6.78. The van der Waals surface area contributed by atoms with E-state index in [0.29, 0.717) is 31.6 Å². The number of aryl methyl sites for hydroxylation is 1. The van der Waals surface area contributed by atoms with Crippen molar-refractivity contribution in [3.63, 3.8) is 0 Å². The highest BCUT2D eigenvalue weighted by atomic mass is 19.1. The van der Waals surface area contributed by atoms with Crippen LogP contribution in [0.25, 0.3) is 5.65 Å². The molecule has 0 atom stereocenters. The van der Waals surface area contributed by atoms with Gasteiger partial charge in [-0.15, -0.1) is 0 Å². The third kappa shape index (κ3) is 3.27. The van der Waals surface area contributed by atoms with Gasteiger partial charge in [0.25, 0.3) is 5.91 Å². The van der Waals surface area contributed by atoms with Gasteiger partial charge >= 0.3 is 0 Å². The Balaban J connectivity index is 1.40. The SMILES string of the molecule is Cc1ccn2cc(C(=O)N3CCC(Oc4ccccc4F)CC3)nc2c1. The second-order valence-corrected chi connectivity index (χ2v) is 6.64. The highest BCUT2D eigenvalue weighted by Crippen LogP contribution is 2.22. The number of piperidine rings is 1. The van der Waals surface area contributed by atoms with Crippen molar-refractivity contribution < 1.29 is 13.9 Å².